The van der Waals surface area contributed by atoms with Gasteiger partial charge < -0.3 is 24.4 Å². The number of nitrogens with zero attached hydrogens (tertiary/aromatic N) is 2. The van der Waals surface area contributed by atoms with Crippen molar-refractivity contribution in [1.82, 2.24) is 9.21 Å². The van der Waals surface area contributed by atoms with E-state index in [4.69, 9.17) is 14.2 Å². The number of benzene rings is 2. The molecule has 2 aromatic rings. The van der Waals surface area contributed by atoms with Crippen LogP contribution >= 0.6 is 0 Å². The fourth-order valence-corrected chi connectivity index (χ4v) is 5.49. The number of piperazine rings is 1. The van der Waals surface area contributed by atoms with Crippen LogP contribution in [0.1, 0.15) is 12.5 Å². The Balaban J connectivity index is 1.38. The van der Waals surface area contributed by atoms with Crippen LogP contribution in [0, 0.1) is 6.92 Å². The summed E-state index contributed by atoms with van der Waals surface area (Å²) in [5, 5.41) is 2.72. The molecule has 34 heavy (non-hydrogen) atoms. The summed E-state index contributed by atoms with van der Waals surface area (Å²) in [5.41, 5.74) is 0.954. The highest BCUT2D eigenvalue weighted by Gasteiger charge is 2.33. The van der Waals surface area contributed by atoms with E-state index in [1.54, 1.807) is 56.2 Å². The maximum absolute atomic E-state index is 13.3. The molecule has 1 N–H and O–H groups in total. The van der Waals surface area contributed by atoms with Crippen LogP contribution in [0.4, 0.5) is 5.69 Å². The van der Waals surface area contributed by atoms with Crippen molar-refractivity contribution < 1.29 is 32.2 Å². The van der Waals surface area contributed by atoms with E-state index in [0.717, 1.165) is 0 Å². The molecule has 2 aliphatic rings. The van der Waals surface area contributed by atoms with Crippen LogP contribution in [0.5, 0.6) is 17.2 Å². The molecule has 1 fully saturated rings. The van der Waals surface area contributed by atoms with Crippen molar-refractivity contribution in [3.63, 3.8) is 0 Å². The quantitative estimate of drug-likeness (QED) is 0.656. The number of aryl methyl sites for hydroxylation is 1. The van der Waals surface area contributed by atoms with Gasteiger partial charge in [-0.2, -0.15) is 4.31 Å². The summed E-state index contributed by atoms with van der Waals surface area (Å²) in [5.74, 6) is 1.07. The van der Waals surface area contributed by atoms with Crippen LogP contribution in [-0.2, 0) is 19.6 Å². The first-order valence-corrected chi connectivity index (χ1v) is 12.3. The minimum Gasteiger partial charge on any atom is -0.497 e. The van der Waals surface area contributed by atoms with Crippen LogP contribution in [-0.4, -0.2) is 75.4 Å². The number of carbonyl (C=O) groups is 2. The Morgan fingerprint density at radius 3 is 2.41 bits per heavy atom. The van der Waals surface area contributed by atoms with Crippen LogP contribution < -0.4 is 19.5 Å². The lowest BCUT2D eigenvalue weighted by Gasteiger charge is -2.34. The third-order valence-corrected chi connectivity index (χ3v) is 7.88. The molecular formula is C23H27N3O7S. The van der Waals surface area contributed by atoms with Gasteiger partial charge in [0.15, 0.2) is 12.7 Å². The van der Waals surface area contributed by atoms with E-state index in [-0.39, 0.29) is 49.5 Å². The van der Waals surface area contributed by atoms with Gasteiger partial charge in [0, 0.05) is 32.2 Å². The van der Waals surface area contributed by atoms with E-state index in [1.807, 2.05) is 0 Å². The Bertz CT molecular complexity index is 1190. The Morgan fingerprint density at radius 2 is 1.76 bits per heavy atom. The average molecular weight is 490 g/mol. The molecule has 2 aliphatic heterocycles. The minimum absolute atomic E-state index is 0.122. The molecule has 10 nitrogen and oxygen atoms in total. The molecule has 0 radical (unpaired) electrons. The zero-order valence-corrected chi connectivity index (χ0v) is 20.1. The molecule has 182 valence electrons. The van der Waals surface area contributed by atoms with Gasteiger partial charge >= 0.3 is 0 Å². The van der Waals surface area contributed by atoms with Gasteiger partial charge in [-0.05, 0) is 49.7 Å². The first-order chi connectivity index (χ1) is 16.2. The number of amides is 2. The van der Waals surface area contributed by atoms with E-state index in [0.29, 0.717) is 28.5 Å². The maximum atomic E-state index is 13.3. The molecule has 11 heteroatoms. The molecule has 2 heterocycles. The fraction of sp³-hybridized carbons (Fsp3) is 0.391. The Kier molecular flexibility index (Phi) is 6.67. The largest absolute Gasteiger partial charge is 0.497 e. The van der Waals surface area contributed by atoms with Crippen molar-refractivity contribution in [3.8, 4) is 17.2 Å². The molecule has 1 atom stereocenters. The van der Waals surface area contributed by atoms with Crippen molar-refractivity contribution in [3.05, 3.63) is 42.0 Å². The van der Waals surface area contributed by atoms with E-state index in [2.05, 4.69) is 5.32 Å². The van der Waals surface area contributed by atoms with Crippen LogP contribution in [0.2, 0.25) is 0 Å². The number of fused-ring (bicyclic) bond motifs is 1. The summed E-state index contributed by atoms with van der Waals surface area (Å²) >= 11 is 0. The first-order valence-electron chi connectivity index (χ1n) is 10.9. The number of sulfonamides is 1. The number of hydrogen-bond donors (Lipinski definition) is 1. The number of ether oxygens (including phenoxy) is 3. The Labute approximate surface area is 198 Å². The standard InChI is InChI=1S/C23H27N3O7S/c1-15-12-19-20(33-16(2)23(28)24-19)13-21(15)34(29,30)26-10-8-25(9-11-26)22(27)14-32-18-6-4-17(31-3)5-7-18/h4-7,12-13,16H,8-11,14H2,1-3H3,(H,24,28)/t16-/m1/s1. The van der Waals surface area contributed by atoms with Crippen LogP contribution in [0.25, 0.3) is 0 Å². The molecule has 0 spiro atoms. The number of carbonyl (C=O) groups excluding carboxylic acids is 2. The summed E-state index contributed by atoms with van der Waals surface area (Å²) in [4.78, 5) is 26.1. The van der Waals surface area contributed by atoms with Gasteiger partial charge in [0.25, 0.3) is 11.8 Å². The molecule has 0 saturated carbocycles. The lowest BCUT2D eigenvalue weighted by Crippen LogP contribution is -2.51. The van der Waals surface area contributed by atoms with Gasteiger partial charge in [0.05, 0.1) is 17.7 Å². The third kappa shape index (κ3) is 4.80. The highest BCUT2D eigenvalue weighted by atomic mass is 32.2. The number of methoxy groups -OCH3 is 1. The predicted molar refractivity (Wildman–Crippen MR) is 124 cm³/mol. The fourth-order valence-electron chi connectivity index (χ4n) is 3.85. The van der Waals surface area contributed by atoms with Crippen molar-refractivity contribution in [2.24, 2.45) is 0 Å². The average Bonchev–Trinajstić information content (AvgIpc) is 2.83. The number of anilines is 1. The van der Waals surface area contributed by atoms with Gasteiger partial charge in [-0.3, -0.25) is 9.59 Å². The highest BCUT2D eigenvalue weighted by molar-refractivity contribution is 7.89. The number of hydrogen-bond acceptors (Lipinski definition) is 7. The Morgan fingerprint density at radius 1 is 1.12 bits per heavy atom. The first kappa shape index (κ1) is 23.8. The molecule has 0 bridgehead atoms. The zero-order chi connectivity index (χ0) is 24.5. The monoisotopic (exact) mass is 489 g/mol. The summed E-state index contributed by atoms with van der Waals surface area (Å²) in [7, 11) is -2.24. The van der Waals surface area contributed by atoms with Crippen molar-refractivity contribution >= 4 is 27.5 Å². The van der Waals surface area contributed by atoms with E-state index < -0.39 is 16.1 Å². The van der Waals surface area contributed by atoms with Gasteiger partial charge in [0.1, 0.15) is 17.2 Å². The topological polar surface area (TPSA) is 114 Å². The molecule has 0 aliphatic carbocycles. The summed E-state index contributed by atoms with van der Waals surface area (Å²) in [6.45, 7) is 4.00. The van der Waals surface area contributed by atoms with Crippen molar-refractivity contribution in [1.29, 1.82) is 0 Å². The summed E-state index contributed by atoms with van der Waals surface area (Å²) < 4.78 is 44.2. The van der Waals surface area contributed by atoms with Gasteiger partial charge in [-0.1, -0.05) is 0 Å². The lowest BCUT2D eigenvalue weighted by molar-refractivity contribution is -0.134. The number of nitrogens with one attached hydrogen (secondary N) is 1. The molecule has 0 unspecified atom stereocenters. The van der Waals surface area contributed by atoms with Gasteiger partial charge in [-0.15, -0.1) is 0 Å². The van der Waals surface area contributed by atoms with Gasteiger partial charge in [-0.25, -0.2) is 8.42 Å². The Hall–Kier alpha value is -3.31. The van der Waals surface area contributed by atoms with Crippen molar-refractivity contribution in [2.45, 2.75) is 24.8 Å². The summed E-state index contributed by atoms with van der Waals surface area (Å²) in [6.07, 6.45) is -0.708. The SMILES string of the molecule is COc1ccc(OCC(=O)N2CCN(S(=O)(=O)c3cc4c(cc3C)NC(=O)[C@@H](C)O4)CC2)cc1. The molecule has 1 saturated heterocycles. The third-order valence-electron chi connectivity index (χ3n) is 5.84. The van der Waals surface area contributed by atoms with Crippen LogP contribution in [0.15, 0.2) is 41.3 Å². The minimum atomic E-state index is -3.81. The van der Waals surface area contributed by atoms with E-state index >= 15 is 0 Å². The van der Waals surface area contributed by atoms with E-state index in [9.17, 15) is 18.0 Å². The second-order valence-corrected chi connectivity index (χ2v) is 10.0. The van der Waals surface area contributed by atoms with Crippen molar-refractivity contribution in [2.75, 3.05) is 45.2 Å². The highest BCUT2D eigenvalue weighted by Crippen LogP contribution is 2.35. The zero-order valence-electron chi connectivity index (χ0n) is 19.2. The predicted octanol–water partition coefficient (Wildman–Crippen LogP) is 1.63. The van der Waals surface area contributed by atoms with Crippen LogP contribution in [0.3, 0.4) is 0 Å². The molecule has 2 amide bonds. The smallest absolute Gasteiger partial charge is 0.265 e. The second-order valence-electron chi connectivity index (χ2n) is 8.11. The number of rotatable bonds is 6. The van der Waals surface area contributed by atoms with Gasteiger partial charge in [0.2, 0.25) is 10.0 Å². The summed E-state index contributed by atoms with van der Waals surface area (Å²) in [6, 6.07) is 9.97. The molecular weight excluding hydrogens is 462 g/mol. The molecule has 2 aromatic carbocycles. The maximum Gasteiger partial charge on any atom is 0.265 e. The molecule has 0 aromatic heterocycles. The lowest BCUT2D eigenvalue weighted by atomic mass is 10.1. The normalized spacial score (nSPS) is 18.5. The molecule has 4 rings (SSSR count). The second kappa shape index (κ2) is 9.51. The van der Waals surface area contributed by atoms with E-state index in [1.165, 1.54) is 10.4 Å².